The molecule has 8 nitrogen and oxygen atoms in total. The molecule has 1 heterocycles. The number of carbonyl (C=O) groups excluding carboxylic acids is 3. The molecule has 0 aromatic heterocycles. The molecule has 4 aliphatic rings. The van der Waals surface area contributed by atoms with Gasteiger partial charge in [-0.1, -0.05) is 12.2 Å². The van der Waals surface area contributed by atoms with Crippen LogP contribution in [0.4, 0.5) is 0 Å². The van der Waals surface area contributed by atoms with E-state index in [9.17, 15) is 14.4 Å². The summed E-state index contributed by atoms with van der Waals surface area (Å²) in [7, 11) is 2.39. The number of rotatable bonds is 4. The molecule has 2 bridgehead atoms. The molecule has 26 heavy (non-hydrogen) atoms. The van der Waals surface area contributed by atoms with E-state index >= 15 is 0 Å². The van der Waals surface area contributed by atoms with Crippen molar-refractivity contribution >= 4 is 17.9 Å². The minimum atomic E-state index is -1.64. The molecule has 0 spiro atoms. The van der Waals surface area contributed by atoms with Crippen molar-refractivity contribution in [2.24, 2.45) is 11.3 Å². The van der Waals surface area contributed by atoms with Gasteiger partial charge in [0.05, 0.1) is 38.1 Å². The molecule has 142 valence electrons. The van der Waals surface area contributed by atoms with Crippen LogP contribution < -0.4 is 0 Å². The molecule has 0 N–H and O–H groups in total. The number of ether oxygens (including phenoxy) is 5. The highest BCUT2D eigenvalue weighted by atomic mass is 16.8. The van der Waals surface area contributed by atoms with Gasteiger partial charge < -0.3 is 23.7 Å². The molecule has 0 unspecified atom stereocenters. The molecule has 3 aliphatic carbocycles. The van der Waals surface area contributed by atoms with Gasteiger partial charge in [0.2, 0.25) is 0 Å². The third-order valence-electron chi connectivity index (χ3n) is 4.92. The average molecular weight is 366 g/mol. The normalized spacial score (nSPS) is 33.7. The number of carbonyl (C=O) groups is 3. The van der Waals surface area contributed by atoms with Crippen LogP contribution in [-0.2, 0) is 38.1 Å². The van der Waals surface area contributed by atoms with Crippen molar-refractivity contribution in [1.82, 2.24) is 0 Å². The highest BCUT2D eigenvalue weighted by Crippen LogP contribution is 2.57. The van der Waals surface area contributed by atoms with Crippen LogP contribution in [0.15, 0.2) is 23.3 Å². The first kappa shape index (κ1) is 18.6. The van der Waals surface area contributed by atoms with Crippen molar-refractivity contribution in [3.8, 4) is 0 Å². The quantitative estimate of drug-likeness (QED) is 0.411. The highest BCUT2D eigenvalue weighted by Gasteiger charge is 2.68. The Hall–Kier alpha value is -2.19. The lowest BCUT2D eigenvalue weighted by molar-refractivity contribution is -0.170. The van der Waals surface area contributed by atoms with Gasteiger partial charge in [-0.05, 0) is 20.8 Å². The standard InChI is InChI=1S/C18H22O8/c1-6-24-16(21)18-8-7-9(12-13(18)26-17(2,3)25-12)10(14(19)22-4)11(18)15(20)23-5/h7-9,12-13H,6H2,1-5H3/t9-,12-,13-,18-/m0/s1. The van der Waals surface area contributed by atoms with E-state index in [-0.39, 0.29) is 17.8 Å². The number of hydrogen-bond acceptors (Lipinski definition) is 8. The van der Waals surface area contributed by atoms with E-state index in [1.807, 2.05) is 0 Å². The molecule has 0 aromatic rings. The average Bonchev–Trinajstić information content (AvgIpc) is 2.96. The van der Waals surface area contributed by atoms with Gasteiger partial charge in [0, 0.05) is 5.92 Å². The monoisotopic (exact) mass is 366 g/mol. The van der Waals surface area contributed by atoms with Crippen LogP contribution >= 0.6 is 0 Å². The summed E-state index contributed by atoms with van der Waals surface area (Å²) in [6.45, 7) is 5.17. The second-order valence-corrected chi connectivity index (χ2v) is 6.77. The van der Waals surface area contributed by atoms with Gasteiger partial charge in [-0.3, -0.25) is 4.79 Å². The number of hydrogen-bond donors (Lipinski definition) is 0. The Labute approximate surface area is 151 Å². The molecule has 1 aliphatic heterocycles. The minimum Gasteiger partial charge on any atom is -0.466 e. The van der Waals surface area contributed by atoms with Gasteiger partial charge in [0.15, 0.2) is 5.79 Å². The summed E-state index contributed by atoms with van der Waals surface area (Å²) < 4.78 is 26.9. The van der Waals surface area contributed by atoms with Gasteiger partial charge in [0.25, 0.3) is 0 Å². The fourth-order valence-corrected chi connectivity index (χ4v) is 4.00. The minimum absolute atomic E-state index is 0.0393. The molecular weight excluding hydrogens is 344 g/mol. The summed E-state index contributed by atoms with van der Waals surface area (Å²) in [6.07, 6.45) is 1.76. The summed E-state index contributed by atoms with van der Waals surface area (Å²) in [6, 6.07) is 0. The summed E-state index contributed by atoms with van der Waals surface area (Å²) in [5, 5.41) is 0. The van der Waals surface area contributed by atoms with Crippen LogP contribution in [0.1, 0.15) is 20.8 Å². The van der Waals surface area contributed by atoms with Crippen molar-refractivity contribution in [1.29, 1.82) is 0 Å². The predicted molar refractivity (Wildman–Crippen MR) is 86.6 cm³/mol. The Bertz CT molecular complexity index is 719. The Morgan fingerprint density at radius 2 is 1.77 bits per heavy atom. The van der Waals surface area contributed by atoms with Gasteiger partial charge in [-0.15, -0.1) is 0 Å². The molecule has 0 saturated carbocycles. The van der Waals surface area contributed by atoms with Crippen molar-refractivity contribution in [3.63, 3.8) is 0 Å². The Morgan fingerprint density at radius 1 is 1.12 bits per heavy atom. The SMILES string of the molecule is CCOC(=O)[C@@]12C=C[C@@H](C(C(=O)OC)=C1C(=O)OC)[C@@H]1OC(C)(C)O[C@@H]12. The van der Waals surface area contributed by atoms with Crippen LogP contribution in [0.3, 0.4) is 0 Å². The van der Waals surface area contributed by atoms with Crippen molar-refractivity contribution in [2.45, 2.75) is 38.8 Å². The largest absolute Gasteiger partial charge is 0.466 e. The zero-order valence-electron chi connectivity index (χ0n) is 15.4. The van der Waals surface area contributed by atoms with E-state index in [0.717, 1.165) is 0 Å². The van der Waals surface area contributed by atoms with E-state index in [2.05, 4.69) is 0 Å². The zero-order valence-corrected chi connectivity index (χ0v) is 15.4. The van der Waals surface area contributed by atoms with Gasteiger partial charge >= 0.3 is 17.9 Å². The van der Waals surface area contributed by atoms with Gasteiger partial charge in [-0.2, -0.15) is 0 Å². The second-order valence-electron chi connectivity index (χ2n) is 6.77. The fourth-order valence-electron chi connectivity index (χ4n) is 4.00. The molecule has 4 rings (SSSR count). The van der Waals surface area contributed by atoms with Crippen molar-refractivity contribution < 1.29 is 38.1 Å². The third kappa shape index (κ3) is 2.39. The number of esters is 3. The van der Waals surface area contributed by atoms with Crippen LogP contribution in [0.2, 0.25) is 0 Å². The van der Waals surface area contributed by atoms with Crippen molar-refractivity contribution in [3.05, 3.63) is 23.3 Å². The summed E-state index contributed by atoms with van der Waals surface area (Å²) in [5.41, 5.74) is -1.71. The first-order valence-corrected chi connectivity index (χ1v) is 8.37. The van der Waals surface area contributed by atoms with Crippen LogP contribution in [0.25, 0.3) is 0 Å². The maximum Gasteiger partial charge on any atom is 0.335 e. The molecule has 0 aromatic carbocycles. The molecular formula is C18H22O8. The Kier molecular flexibility index (Phi) is 4.44. The first-order chi connectivity index (χ1) is 12.2. The number of methoxy groups -OCH3 is 2. The first-order valence-electron chi connectivity index (χ1n) is 8.37. The van der Waals surface area contributed by atoms with E-state index < -0.39 is 47.2 Å². The predicted octanol–water partition coefficient (Wildman–Crippen LogP) is 0.898. The zero-order chi connectivity index (χ0) is 19.3. The fraction of sp³-hybridized carbons (Fsp3) is 0.611. The Morgan fingerprint density at radius 3 is 2.35 bits per heavy atom. The summed E-state index contributed by atoms with van der Waals surface area (Å²) >= 11 is 0. The molecule has 8 heteroatoms. The third-order valence-corrected chi connectivity index (χ3v) is 4.92. The van der Waals surface area contributed by atoms with Gasteiger partial charge in [0.1, 0.15) is 11.5 Å². The van der Waals surface area contributed by atoms with Crippen LogP contribution in [0.5, 0.6) is 0 Å². The smallest absolute Gasteiger partial charge is 0.335 e. The topological polar surface area (TPSA) is 97.4 Å². The molecule has 1 saturated heterocycles. The molecule has 0 radical (unpaired) electrons. The maximum absolute atomic E-state index is 13.0. The highest BCUT2D eigenvalue weighted by molar-refractivity contribution is 6.09. The second kappa shape index (κ2) is 6.21. The summed E-state index contributed by atoms with van der Waals surface area (Å²) in [5.74, 6) is -3.82. The van der Waals surface area contributed by atoms with Crippen LogP contribution in [0, 0.1) is 11.3 Å². The van der Waals surface area contributed by atoms with E-state index in [0.29, 0.717) is 0 Å². The Balaban J connectivity index is 2.28. The lowest BCUT2D eigenvalue weighted by Gasteiger charge is -2.46. The van der Waals surface area contributed by atoms with E-state index in [1.54, 1.807) is 32.9 Å². The molecule has 1 fully saturated rings. The van der Waals surface area contributed by atoms with E-state index in [4.69, 9.17) is 23.7 Å². The molecule has 4 atom stereocenters. The molecule has 0 amide bonds. The van der Waals surface area contributed by atoms with Gasteiger partial charge in [-0.25, -0.2) is 9.59 Å². The van der Waals surface area contributed by atoms with Crippen LogP contribution in [-0.4, -0.2) is 56.7 Å². The summed E-state index contributed by atoms with van der Waals surface area (Å²) in [4.78, 5) is 38.1. The lowest BCUT2D eigenvalue weighted by atomic mass is 9.58. The van der Waals surface area contributed by atoms with E-state index in [1.165, 1.54) is 14.2 Å². The van der Waals surface area contributed by atoms with Crippen molar-refractivity contribution in [2.75, 3.05) is 20.8 Å². The lowest BCUT2D eigenvalue weighted by Crippen LogP contribution is -2.59. The maximum atomic E-state index is 13.0.